The average molecular weight is 369 g/mol. The molecule has 1 aromatic heterocycles. The Bertz CT molecular complexity index is 880. The molecule has 0 aliphatic carbocycles. The van der Waals surface area contributed by atoms with Gasteiger partial charge in [-0.25, -0.2) is 14.5 Å². The molecule has 2 amide bonds. The van der Waals surface area contributed by atoms with Crippen molar-refractivity contribution in [2.75, 3.05) is 19.6 Å². The van der Waals surface area contributed by atoms with Crippen LogP contribution in [0.15, 0.2) is 35.1 Å². The molecule has 4 rings (SSSR count). The number of rotatable bonds is 4. The van der Waals surface area contributed by atoms with Crippen molar-refractivity contribution in [2.45, 2.75) is 25.7 Å². The van der Waals surface area contributed by atoms with Crippen LogP contribution in [0.4, 0.5) is 0 Å². The Kier molecular flexibility index (Phi) is 4.79. The molecule has 2 fully saturated rings. The van der Waals surface area contributed by atoms with Gasteiger partial charge in [0.25, 0.3) is 0 Å². The zero-order valence-corrected chi connectivity index (χ0v) is 15.1. The van der Waals surface area contributed by atoms with Gasteiger partial charge in [-0.05, 0) is 30.9 Å². The molecule has 3 heterocycles. The van der Waals surface area contributed by atoms with Crippen molar-refractivity contribution in [3.05, 3.63) is 46.6 Å². The third-order valence-electron chi connectivity index (χ3n) is 5.48. The second kappa shape index (κ2) is 7.38. The number of aromatic amines is 1. The average Bonchev–Trinajstić information content (AvgIpc) is 3.28. The van der Waals surface area contributed by atoms with E-state index in [1.54, 1.807) is 4.57 Å². The summed E-state index contributed by atoms with van der Waals surface area (Å²) in [4.78, 5) is 37.9. The fraction of sp³-hybridized carbons (Fsp3) is 0.474. The molecule has 0 bridgehead atoms. The number of H-pyrrole nitrogens is 1. The van der Waals surface area contributed by atoms with Gasteiger partial charge in [-0.1, -0.05) is 18.2 Å². The topological polar surface area (TPSA) is 100 Å². The van der Waals surface area contributed by atoms with Gasteiger partial charge in [-0.2, -0.15) is 5.10 Å². The lowest BCUT2D eigenvalue weighted by atomic mass is 9.92. The van der Waals surface area contributed by atoms with E-state index in [0.29, 0.717) is 38.4 Å². The van der Waals surface area contributed by atoms with Gasteiger partial charge in [0.05, 0.1) is 11.6 Å². The zero-order valence-electron chi connectivity index (χ0n) is 15.1. The minimum Gasteiger partial charge on any atom is -0.355 e. The van der Waals surface area contributed by atoms with Crippen LogP contribution in [0.5, 0.6) is 0 Å². The highest BCUT2D eigenvalue weighted by Crippen LogP contribution is 2.24. The molecule has 0 spiro atoms. The largest absolute Gasteiger partial charge is 0.355 e. The minimum absolute atomic E-state index is 0.0411. The number of benzene rings is 1. The fourth-order valence-corrected chi connectivity index (χ4v) is 3.96. The first-order valence-electron chi connectivity index (χ1n) is 9.39. The number of carbonyl (C=O) groups is 2. The summed E-state index contributed by atoms with van der Waals surface area (Å²) in [5, 5.41) is 9.48. The number of nitrogens with zero attached hydrogens (tertiary/aromatic N) is 3. The molecule has 142 valence electrons. The molecule has 0 unspecified atom stereocenters. The van der Waals surface area contributed by atoms with Crippen molar-refractivity contribution in [3.63, 3.8) is 0 Å². The van der Waals surface area contributed by atoms with Crippen molar-refractivity contribution in [1.29, 1.82) is 0 Å². The quantitative estimate of drug-likeness (QED) is 0.819. The van der Waals surface area contributed by atoms with Gasteiger partial charge in [-0.3, -0.25) is 9.59 Å². The standard InChI is InChI=1S/C19H23N5O3/c25-17-11-14(12-20-17)18(26)23-8-6-13(7-9-23)10-16-21-22-19(27)24(16)15-4-2-1-3-5-15/h1-5,13-14H,6-12H2,(H,20,25)(H,22,27)/t14-/m0/s1. The van der Waals surface area contributed by atoms with Crippen LogP contribution in [0.25, 0.3) is 5.69 Å². The van der Waals surface area contributed by atoms with E-state index in [0.717, 1.165) is 24.4 Å². The first-order chi connectivity index (χ1) is 13.1. The van der Waals surface area contributed by atoms with Crippen LogP contribution in [0.3, 0.4) is 0 Å². The van der Waals surface area contributed by atoms with Gasteiger partial charge in [-0.15, -0.1) is 0 Å². The summed E-state index contributed by atoms with van der Waals surface area (Å²) in [5.41, 5.74) is 0.569. The number of hydrogen-bond acceptors (Lipinski definition) is 4. The molecular weight excluding hydrogens is 346 g/mol. The van der Waals surface area contributed by atoms with E-state index in [9.17, 15) is 14.4 Å². The highest BCUT2D eigenvalue weighted by molar-refractivity contribution is 5.89. The van der Waals surface area contributed by atoms with Gasteiger partial charge in [0.15, 0.2) is 0 Å². The van der Waals surface area contributed by atoms with E-state index in [-0.39, 0.29) is 23.4 Å². The predicted octanol–water partition coefficient (Wildman–Crippen LogP) is 0.478. The molecular formula is C19H23N5O3. The van der Waals surface area contributed by atoms with Gasteiger partial charge >= 0.3 is 5.69 Å². The zero-order chi connectivity index (χ0) is 18.8. The molecule has 2 N–H and O–H groups in total. The Labute approximate surface area is 156 Å². The Morgan fingerprint density at radius 2 is 1.89 bits per heavy atom. The summed E-state index contributed by atoms with van der Waals surface area (Å²) in [6.45, 7) is 1.83. The summed E-state index contributed by atoms with van der Waals surface area (Å²) in [7, 11) is 0. The lowest BCUT2D eigenvalue weighted by Crippen LogP contribution is -2.42. The van der Waals surface area contributed by atoms with E-state index in [4.69, 9.17) is 0 Å². The third-order valence-corrected chi connectivity index (χ3v) is 5.48. The Morgan fingerprint density at radius 3 is 2.56 bits per heavy atom. The molecule has 27 heavy (non-hydrogen) atoms. The summed E-state index contributed by atoms with van der Waals surface area (Å²) in [5.74, 6) is 0.911. The van der Waals surface area contributed by atoms with Crippen molar-refractivity contribution in [1.82, 2.24) is 25.0 Å². The highest BCUT2D eigenvalue weighted by atomic mass is 16.2. The Morgan fingerprint density at radius 1 is 1.15 bits per heavy atom. The van der Waals surface area contributed by atoms with Crippen LogP contribution >= 0.6 is 0 Å². The van der Waals surface area contributed by atoms with Crippen molar-refractivity contribution in [2.24, 2.45) is 11.8 Å². The van der Waals surface area contributed by atoms with Gasteiger partial charge in [0, 0.05) is 32.5 Å². The third kappa shape index (κ3) is 3.65. The monoisotopic (exact) mass is 369 g/mol. The lowest BCUT2D eigenvalue weighted by Gasteiger charge is -2.33. The van der Waals surface area contributed by atoms with E-state index < -0.39 is 0 Å². The van der Waals surface area contributed by atoms with Crippen molar-refractivity contribution in [3.8, 4) is 5.69 Å². The number of nitrogens with one attached hydrogen (secondary N) is 2. The van der Waals surface area contributed by atoms with Crippen LogP contribution in [0.1, 0.15) is 25.1 Å². The van der Waals surface area contributed by atoms with Crippen LogP contribution in [-0.4, -0.2) is 51.1 Å². The number of amides is 2. The minimum atomic E-state index is -0.234. The number of hydrogen-bond donors (Lipinski definition) is 2. The smallest absolute Gasteiger partial charge is 0.347 e. The number of aromatic nitrogens is 3. The molecule has 0 radical (unpaired) electrons. The number of carbonyl (C=O) groups excluding carboxylic acids is 2. The Hall–Kier alpha value is -2.90. The second-order valence-electron chi connectivity index (χ2n) is 7.29. The maximum Gasteiger partial charge on any atom is 0.347 e. The van der Waals surface area contributed by atoms with Crippen molar-refractivity contribution < 1.29 is 9.59 Å². The first-order valence-corrected chi connectivity index (χ1v) is 9.39. The predicted molar refractivity (Wildman–Crippen MR) is 98.3 cm³/mol. The fourth-order valence-electron chi connectivity index (χ4n) is 3.96. The summed E-state index contributed by atoms with van der Waals surface area (Å²) >= 11 is 0. The first kappa shape index (κ1) is 17.5. The molecule has 2 aromatic rings. The van der Waals surface area contributed by atoms with E-state index >= 15 is 0 Å². The van der Waals surface area contributed by atoms with E-state index in [1.807, 2.05) is 35.2 Å². The molecule has 8 heteroatoms. The highest BCUT2D eigenvalue weighted by Gasteiger charge is 2.33. The molecule has 0 saturated carbocycles. The van der Waals surface area contributed by atoms with Crippen LogP contribution in [0, 0.1) is 11.8 Å². The van der Waals surface area contributed by atoms with Crippen molar-refractivity contribution >= 4 is 11.8 Å². The number of piperidine rings is 1. The molecule has 2 saturated heterocycles. The molecule has 1 atom stereocenters. The normalized spacial score (nSPS) is 20.7. The SMILES string of the molecule is O=C1C[C@H](C(=O)N2CCC(Cc3n[nH]c(=O)n3-c3ccccc3)CC2)CN1. The lowest BCUT2D eigenvalue weighted by molar-refractivity contribution is -0.137. The van der Waals surface area contributed by atoms with Gasteiger partial charge in [0.1, 0.15) is 5.82 Å². The van der Waals surface area contributed by atoms with Crippen LogP contribution in [0.2, 0.25) is 0 Å². The Balaban J connectivity index is 1.38. The summed E-state index contributed by atoms with van der Waals surface area (Å²) in [6, 6.07) is 9.47. The van der Waals surface area contributed by atoms with E-state index in [2.05, 4.69) is 15.5 Å². The molecule has 2 aliphatic heterocycles. The molecule has 8 nitrogen and oxygen atoms in total. The van der Waals surface area contributed by atoms with Gasteiger partial charge < -0.3 is 10.2 Å². The van der Waals surface area contributed by atoms with Gasteiger partial charge in [0.2, 0.25) is 11.8 Å². The number of para-hydroxylation sites is 1. The van der Waals surface area contributed by atoms with E-state index in [1.165, 1.54) is 0 Å². The number of likely N-dealkylation sites (tertiary alicyclic amines) is 1. The second-order valence-corrected chi connectivity index (χ2v) is 7.29. The maximum atomic E-state index is 12.5. The molecule has 2 aliphatic rings. The molecule has 1 aromatic carbocycles. The summed E-state index contributed by atoms with van der Waals surface area (Å²) < 4.78 is 1.62. The van der Waals surface area contributed by atoms with Crippen LogP contribution < -0.4 is 11.0 Å². The summed E-state index contributed by atoms with van der Waals surface area (Å²) in [6.07, 6.45) is 2.74. The van der Waals surface area contributed by atoms with Crippen LogP contribution in [-0.2, 0) is 16.0 Å². The maximum absolute atomic E-state index is 12.5.